The number of nitrogens with zero attached hydrogens (tertiary/aromatic N) is 2. The summed E-state index contributed by atoms with van der Waals surface area (Å²) in [5.74, 6) is -0.0572. The topological polar surface area (TPSA) is 58.6 Å². The molecule has 0 saturated carbocycles. The van der Waals surface area contributed by atoms with E-state index >= 15 is 0 Å². The number of ketones is 1. The maximum absolute atomic E-state index is 11.3. The van der Waals surface area contributed by atoms with Crippen molar-refractivity contribution in [2.45, 2.75) is 13.8 Å². The van der Waals surface area contributed by atoms with Crippen LogP contribution in [0.4, 0.5) is 0 Å². The van der Waals surface area contributed by atoms with E-state index in [4.69, 9.17) is 0 Å². The summed E-state index contributed by atoms with van der Waals surface area (Å²) < 4.78 is 0. The molecule has 1 N–H and O–H groups in total. The van der Waals surface area contributed by atoms with Gasteiger partial charge >= 0.3 is 0 Å². The molecule has 0 bridgehead atoms. The Kier molecular flexibility index (Phi) is 2.33. The molecule has 4 nitrogen and oxygen atoms in total. The van der Waals surface area contributed by atoms with Gasteiger partial charge in [0.05, 0.1) is 0 Å². The average molecular weight is 201 g/mol. The van der Waals surface area contributed by atoms with E-state index < -0.39 is 0 Å². The summed E-state index contributed by atoms with van der Waals surface area (Å²) in [6.07, 6.45) is 0. The van der Waals surface area contributed by atoms with E-state index in [-0.39, 0.29) is 5.78 Å². The lowest BCUT2D eigenvalue weighted by Crippen LogP contribution is -1.96. The Morgan fingerprint density at radius 3 is 2.73 bits per heavy atom. The van der Waals surface area contributed by atoms with Crippen LogP contribution in [0.25, 0.3) is 11.3 Å². The number of Topliss-reactive ketones (excluding diaryl/α,β-unsaturated/α-hetero) is 1. The van der Waals surface area contributed by atoms with Gasteiger partial charge in [-0.1, -0.05) is 29.5 Å². The SMILES string of the molecule is CC(=O)c1[nH]nnc1-c1ccccc1C. The third-order valence-electron chi connectivity index (χ3n) is 2.30. The first-order chi connectivity index (χ1) is 7.20. The van der Waals surface area contributed by atoms with Crippen LogP contribution >= 0.6 is 0 Å². The monoisotopic (exact) mass is 201 g/mol. The number of H-pyrrole nitrogens is 1. The fourth-order valence-electron chi connectivity index (χ4n) is 1.50. The fraction of sp³-hybridized carbons (Fsp3) is 0.182. The van der Waals surface area contributed by atoms with Crippen LogP contribution in [0.3, 0.4) is 0 Å². The Morgan fingerprint density at radius 2 is 2.07 bits per heavy atom. The van der Waals surface area contributed by atoms with Crippen molar-refractivity contribution in [3.05, 3.63) is 35.5 Å². The lowest BCUT2D eigenvalue weighted by Gasteiger charge is -2.02. The maximum Gasteiger partial charge on any atom is 0.179 e. The summed E-state index contributed by atoms with van der Waals surface area (Å²) in [6.45, 7) is 3.48. The van der Waals surface area contributed by atoms with Crippen LogP contribution in [0.5, 0.6) is 0 Å². The highest BCUT2D eigenvalue weighted by Crippen LogP contribution is 2.23. The number of rotatable bonds is 2. The molecule has 0 aliphatic rings. The molecule has 0 amide bonds. The number of benzene rings is 1. The summed E-state index contributed by atoms with van der Waals surface area (Å²) in [6, 6.07) is 7.78. The van der Waals surface area contributed by atoms with E-state index in [1.165, 1.54) is 6.92 Å². The van der Waals surface area contributed by atoms with Crippen molar-refractivity contribution in [1.82, 2.24) is 15.4 Å². The van der Waals surface area contributed by atoms with Gasteiger partial charge in [0.15, 0.2) is 5.78 Å². The molecule has 2 rings (SSSR count). The highest BCUT2D eigenvalue weighted by molar-refractivity contribution is 5.98. The molecule has 76 valence electrons. The normalized spacial score (nSPS) is 10.3. The molecule has 1 heterocycles. The lowest BCUT2D eigenvalue weighted by molar-refractivity contribution is 0.101. The van der Waals surface area contributed by atoms with Crippen molar-refractivity contribution in [3.63, 3.8) is 0 Å². The maximum atomic E-state index is 11.3. The molecular formula is C11H11N3O. The Morgan fingerprint density at radius 1 is 1.33 bits per heavy atom. The van der Waals surface area contributed by atoms with E-state index in [2.05, 4.69) is 15.4 Å². The van der Waals surface area contributed by atoms with Gasteiger partial charge in [-0.05, 0) is 12.5 Å². The Balaban J connectivity index is 2.59. The quantitative estimate of drug-likeness (QED) is 0.756. The molecule has 0 aliphatic heterocycles. The average Bonchev–Trinajstić information content (AvgIpc) is 2.67. The first-order valence-electron chi connectivity index (χ1n) is 4.68. The second-order valence-corrected chi connectivity index (χ2v) is 3.41. The predicted molar refractivity (Wildman–Crippen MR) is 56.6 cm³/mol. The number of nitrogens with one attached hydrogen (secondary N) is 1. The number of carbonyl (C=O) groups is 1. The zero-order chi connectivity index (χ0) is 10.8. The van der Waals surface area contributed by atoms with Crippen LogP contribution in [-0.2, 0) is 0 Å². The van der Waals surface area contributed by atoms with Gasteiger partial charge in [0, 0.05) is 12.5 Å². The Labute approximate surface area is 87.3 Å². The molecule has 0 unspecified atom stereocenters. The van der Waals surface area contributed by atoms with Gasteiger partial charge in [-0.3, -0.25) is 9.89 Å². The smallest absolute Gasteiger partial charge is 0.179 e. The molecular weight excluding hydrogens is 190 g/mol. The van der Waals surface area contributed by atoms with Crippen molar-refractivity contribution in [2.24, 2.45) is 0 Å². The van der Waals surface area contributed by atoms with Crippen LogP contribution in [0, 0.1) is 6.92 Å². The number of aryl methyl sites for hydroxylation is 1. The van der Waals surface area contributed by atoms with E-state index in [0.717, 1.165) is 11.1 Å². The molecule has 1 aromatic carbocycles. The van der Waals surface area contributed by atoms with E-state index in [1.54, 1.807) is 0 Å². The lowest BCUT2D eigenvalue weighted by atomic mass is 10.0. The molecule has 2 aromatic rings. The van der Waals surface area contributed by atoms with Gasteiger partial charge in [0.2, 0.25) is 0 Å². The van der Waals surface area contributed by atoms with Crippen molar-refractivity contribution < 1.29 is 4.79 Å². The first kappa shape index (κ1) is 9.58. The van der Waals surface area contributed by atoms with Gasteiger partial charge in [-0.25, -0.2) is 0 Å². The number of hydrogen-bond acceptors (Lipinski definition) is 3. The van der Waals surface area contributed by atoms with Crippen molar-refractivity contribution in [3.8, 4) is 11.3 Å². The van der Waals surface area contributed by atoms with Gasteiger partial charge in [-0.2, -0.15) is 0 Å². The van der Waals surface area contributed by atoms with E-state index in [0.29, 0.717) is 11.4 Å². The largest absolute Gasteiger partial charge is 0.293 e. The van der Waals surface area contributed by atoms with Gasteiger partial charge in [0.1, 0.15) is 11.4 Å². The van der Waals surface area contributed by atoms with Crippen LogP contribution < -0.4 is 0 Å². The minimum absolute atomic E-state index is 0.0572. The molecule has 15 heavy (non-hydrogen) atoms. The Hall–Kier alpha value is -1.97. The summed E-state index contributed by atoms with van der Waals surface area (Å²) in [4.78, 5) is 11.3. The van der Waals surface area contributed by atoms with Gasteiger partial charge in [-0.15, -0.1) is 5.10 Å². The highest BCUT2D eigenvalue weighted by atomic mass is 16.1. The van der Waals surface area contributed by atoms with Crippen LogP contribution in [-0.4, -0.2) is 21.2 Å². The minimum Gasteiger partial charge on any atom is -0.293 e. The number of carbonyl (C=O) groups excluding carboxylic acids is 1. The van der Waals surface area contributed by atoms with Crippen LogP contribution in [0.15, 0.2) is 24.3 Å². The summed E-state index contributed by atoms with van der Waals surface area (Å²) in [5.41, 5.74) is 3.11. The fourth-order valence-corrected chi connectivity index (χ4v) is 1.50. The number of aromatic amines is 1. The van der Waals surface area contributed by atoms with Gasteiger partial charge < -0.3 is 0 Å². The molecule has 0 fully saturated rings. The summed E-state index contributed by atoms with van der Waals surface area (Å²) >= 11 is 0. The van der Waals surface area contributed by atoms with Crippen molar-refractivity contribution >= 4 is 5.78 Å². The molecule has 0 atom stereocenters. The van der Waals surface area contributed by atoms with E-state index in [9.17, 15) is 4.79 Å². The number of hydrogen-bond donors (Lipinski definition) is 1. The first-order valence-corrected chi connectivity index (χ1v) is 4.68. The molecule has 0 saturated heterocycles. The third kappa shape index (κ3) is 1.66. The minimum atomic E-state index is -0.0572. The molecule has 0 spiro atoms. The third-order valence-corrected chi connectivity index (χ3v) is 2.30. The van der Waals surface area contributed by atoms with Gasteiger partial charge in [0.25, 0.3) is 0 Å². The summed E-state index contributed by atoms with van der Waals surface area (Å²) in [7, 11) is 0. The van der Waals surface area contributed by atoms with Crippen molar-refractivity contribution in [1.29, 1.82) is 0 Å². The zero-order valence-corrected chi connectivity index (χ0v) is 8.61. The Bertz CT molecular complexity index is 502. The number of aromatic nitrogens is 3. The van der Waals surface area contributed by atoms with Crippen molar-refractivity contribution in [2.75, 3.05) is 0 Å². The molecule has 1 aromatic heterocycles. The molecule has 0 aliphatic carbocycles. The molecule has 0 radical (unpaired) electrons. The second-order valence-electron chi connectivity index (χ2n) is 3.41. The van der Waals surface area contributed by atoms with E-state index in [1.807, 2.05) is 31.2 Å². The van der Waals surface area contributed by atoms with Crippen LogP contribution in [0.2, 0.25) is 0 Å². The second kappa shape index (κ2) is 3.65. The highest BCUT2D eigenvalue weighted by Gasteiger charge is 2.14. The summed E-state index contributed by atoms with van der Waals surface area (Å²) in [5, 5.41) is 10.2. The van der Waals surface area contributed by atoms with Crippen LogP contribution in [0.1, 0.15) is 23.0 Å². The molecule has 4 heteroatoms. The predicted octanol–water partition coefficient (Wildman–Crippen LogP) is 1.98. The standard InChI is InChI=1S/C11H11N3O/c1-7-5-3-4-6-9(7)11-10(8(2)15)12-14-13-11/h3-6H,1-2H3,(H,12,13,14). The zero-order valence-electron chi connectivity index (χ0n) is 8.61.